The Morgan fingerprint density at radius 3 is 2.29 bits per heavy atom. The minimum atomic E-state index is -0.448. The van der Waals surface area contributed by atoms with Crippen molar-refractivity contribution in [2.24, 2.45) is 11.1 Å². The van der Waals surface area contributed by atoms with Gasteiger partial charge in [-0.25, -0.2) is 0 Å². The molecular formula is C13H26N2O2. The largest absolute Gasteiger partial charge is 0.394 e. The lowest BCUT2D eigenvalue weighted by molar-refractivity contribution is -0.127. The van der Waals surface area contributed by atoms with Gasteiger partial charge in [0.05, 0.1) is 12.1 Å². The molecule has 17 heavy (non-hydrogen) atoms. The Morgan fingerprint density at radius 2 is 2.00 bits per heavy atom. The number of amides is 1. The van der Waals surface area contributed by atoms with Gasteiger partial charge in [-0.05, 0) is 37.6 Å². The summed E-state index contributed by atoms with van der Waals surface area (Å²) in [6.07, 6.45) is 5.30. The van der Waals surface area contributed by atoms with Crippen molar-refractivity contribution < 1.29 is 9.90 Å². The van der Waals surface area contributed by atoms with Crippen molar-refractivity contribution in [2.45, 2.75) is 57.9 Å². The second kappa shape index (κ2) is 5.83. The number of carbonyl (C=O) groups excluding carboxylic acids is 1. The number of carbonyl (C=O) groups is 1. The summed E-state index contributed by atoms with van der Waals surface area (Å²) in [5.41, 5.74) is 5.34. The number of aliphatic hydroxyl groups is 1. The maximum Gasteiger partial charge on any atom is 0.221 e. The van der Waals surface area contributed by atoms with Crippen LogP contribution in [0.25, 0.3) is 0 Å². The van der Waals surface area contributed by atoms with Crippen LogP contribution >= 0.6 is 0 Å². The fraction of sp³-hybridized carbons (Fsp3) is 0.923. The van der Waals surface area contributed by atoms with Crippen LogP contribution in [0, 0.1) is 5.41 Å². The van der Waals surface area contributed by atoms with E-state index in [4.69, 9.17) is 5.73 Å². The molecule has 1 rings (SSSR count). The SMILES string of the molecule is CCC(CC)(CO)NC(=O)CC1(CN)CCC1. The molecular weight excluding hydrogens is 216 g/mol. The molecule has 1 fully saturated rings. The zero-order chi connectivity index (χ0) is 12.9. The van der Waals surface area contributed by atoms with Gasteiger partial charge < -0.3 is 16.2 Å². The molecule has 0 heterocycles. The monoisotopic (exact) mass is 242 g/mol. The third-order valence-corrected chi connectivity index (χ3v) is 4.44. The highest BCUT2D eigenvalue weighted by atomic mass is 16.3. The summed E-state index contributed by atoms with van der Waals surface area (Å²) in [6.45, 7) is 4.57. The van der Waals surface area contributed by atoms with E-state index in [-0.39, 0.29) is 17.9 Å². The molecule has 100 valence electrons. The smallest absolute Gasteiger partial charge is 0.221 e. The molecule has 1 aliphatic carbocycles. The molecule has 0 aliphatic heterocycles. The van der Waals surface area contributed by atoms with Crippen LogP contribution < -0.4 is 11.1 Å². The highest BCUT2D eigenvalue weighted by Gasteiger charge is 2.39. The molecule has 0 aromatic rings. The molecule has 4 nitrogen and oxygen atoms in total. The Balaban J connectivity index is 2.53. The lowest BCUT2D eigenvalue weighted by Crippen LogP contribution is -2.52. The average molecular weight is 242 g/mol. The lowest BCUT2D eigenvalue weighted by atomic mass is 9.66. The van der Waals surface area contributed by atoms with E-state index in [1.165, 1.54) is 6.42 Å². The van der Waals surface area contributed by atoms with Gasteiger partial charge in [0.25, 0.3) is 0 Å². The molecule has 0 aromatic carbocycles. The standard InChI is InChI=1S/C13H26N2O2/c1-3-13(4-2,10-16)15-11(17)8-12(9-14)6-5-7-12/h16H,3-10,14H2,1-2H3,(H,15,17). The molecule has 0 spiro atoms. The van der Waals surface area contributed by atoms with Crippen molar-refractivity contribution in [3.63, 3.8) is 0 Å². The molecule has 0 atom stereocenters. The average Bonchev–Trinajstić information content (AvgIpc) is 2.31. The van der Waals surface area contributed by atoms with Crippen molar-refractivity contribution in [3.05, 3.63) is 0 Å². The van der Waals surface area contributed by atoms with Gasteiger partial charge in [0.2, 0.25) is 5.91 Å². The molecule has 0 radical (unpaired) electrons. The summed E-state index contributed by atoms with van der Waals surface area (Å²) in [7, 11) is 0. The summed E-state index contributed by atoms with van der Waals surface area (Å²) >= 11 is 0. The molecule has 4 heteroatoms. The topological polar surface area (TPSA) is 75.3 Å². The van der Waals surface area contributed by atoms with Gasteiger partial charge >= 0.3 is 0 Å². The Labute approximate surface area is 104 Å². The minimum absolute atomic E-state index is 0.00135. The second-order valence-corrected chi connectivity index (χ2v) is 5.43. The predicted molar refractivity (Wildman–Crippen MR) is 68.5 cm³/mol. The maximum atomic E-state index is 12.0. The highest BCUT2D eigenvalue weighted by molar-refractivity contribution is 5.77. The predicted octanol–water partition coefficient (Wildman–Crippen LogP) is 1.17. The van der Waals surface area contributed by atoms with Gasteiger partial charge in [0.15, 0.2) is 0 Å². The number of nitrogens with one attached hydrogen (secondary N) is 1. The Kier molecular flexibility index (Phi) is 4.95. The third kappa shape index (κ3) is 3.19. The fourth-order valence-electron chi connectivity index (χ4n) is 2.50. The van der Waals surface area contributed by atoms with E-state index < -0.39 is 5.54 Å². The number of rotatable bonds is 7. The first-order valence-electron chi connectivity index (χ1n) is 6.67. The summed E-state index contributed by atoms with van der Waals surface area (Å²) in [5, 5.41) is 12.4. The Morgan fingerprint density at radius 1 is 1.41 bits per heavy atom. The van der Waals surface area contributed by atoms with Gasteiger partial charge in [-0.15, -0.1) is 0 Å². The van der Waals surface area contributed by atoms with Crippen LogP contribution in [-0.4, -0.2) is 29.7 Å². The third-order valence-electron chi connectivity index (χ3n) is 4.44. The molecule has 4 N–H and O–H groups in total. The molecule has 0 unspecified atom stereocenters. The second-order valence-electron chi connectivity index (χ2n) is 5.43. The van der Waals surface area contributed by atoms with E-state index in [2.05, 4.69) is 5.32 Å². The quantitative estimate of drug-likeness (QED) is 0.627. The zero-order valence-corrected chi connectivity index (χ0v) is 11.1. The Hall–Kier alpha value is -0.610. The van der Waals surface area contributed by atoms with E-state index >= 15 is 0 Å². The van der Waals surface area contributed by atoms with Gasteiger partial charge in [0.1, 0.15) is 0 Å². The molecule has 1 saturated carbocycles. The normalized spacial score (nSPS) is 18.6. The summed E-state index contributed by atoms with van der Waals surface area (Å²) in [5.74, 6) is 0.0351. The molecule has 0 saturated heterocycles. The lowest BCUT2D eigenvalue weighted by Gasteiger charge is -2.41. The van der Waals surface area contributed by atoms with Crippen molar-refractivity contribution in [3.8, 4) is 0 Å². The van der Waals surface area contributed by atoms with Crippen LogP contribution in [0.1, 0.15) is 52.4 Å². The van der Waals surface area contributed by atoms with Gasteiger partial charge in [-0.3, -0.25) is 4.79 Å². The van der Waals surface area contributed by atoms with E-state index in [0.29, 0.717) is 13.0 Å². The summed E-state index contributed by atoms with van der Waals surface area (Å²) in [4.78, 5) is 12.0. The van der Waals surface area contributed by atoms with Crippen LogP contribution in [0.5, 0.6) is 0 Å². The summed E-state index contributed by atoms with van der Waals surface area (Å²) < 4.78 is 0. The zero-order valence-electron chi connectivity index (χ0n) is 11.1. The van der Waals surface area contributed by atoms with E-state index in [1.807, 2.05) is 13.8 Å². The number of hydrogen-bond donors (Lipinski definition) is 3. The van der Waals surface area contributed by atoms with Crippen LogP contribution in [-0.2, 0) is 4.79 Å². The summed E-state index contributed by atoms with van der Waals surface area (Å²) in [6, 6.07) is 0. The highest BCUT2D eigenvalue weighted by Crippen LogP contribution is 2.42. The van der Waals surface area contributed by atoms with E-state index in [1.54, 1.807) is 0 Å². The van der Waals surface area contributed by atoms with Gasteiger partial charge in [0, 0.05) is 6.42 Å². The van der Waals surface area contributed by atoms with Crippen molar-refractivity contribution >= 4 is 5.91 Å². The van der Waals surface area contributed by atoms with Crippen molar-refractivity contribution in [1.29, 1.82) is 0 Å². The van der Waals surface area contributed by atoms with Crippen LogP contribution in [0.15, 0.2) is 0 Å². The first kappa shape index (κ1) is 14.5. The molecule has 0 aromatic heterocycles. The first-order chi connectivity index (χ1) is 8.05. The number of aliphatic hydroxyl groups excluding tert-OH is 1. The fourth-order valence-corrected chi connectivity index (χ4v) is 2.50. The molecule has 0 bridgehead atoms. The molecule has 1 amide bonds. The van der Waals surface area contributed by atoms with Crippen LogP contribution in [0.3, 0.4) is 0 Å². The minimum Gasteiger partial charge on any atom is -0.394 e. The van der Waals surface area contributed by atoms with Gasteiger partial charge in [-0.1, -0.05) is 20.3 Å². The van der Waals surface area contributed by atoms with Gasteiger partial charge in [-0.2, -0.15) is 0 Å². The molecule has 1 aliphatic rings. The Bertz CT molecular complexity index is 244. The first-order valence-corrected chi connectivity index (χ1v) is 6.67. The van der Waals surface area contributed by atoms with E-state index in [0.717, 1.165) is 25.7 Å². The number of nitrogens with two attached hydrogens (primary N) is 1. The van der Waals surface area contributed by atoms with Crippen molar-refractivity contribution in [2.75, 3.05) is 13.2 Å². The number of hydrogen-bond acceptors (Lipinski definition) is 3. The van der Waals surface area contributed by atoms with Crippen molar-refractivity contribution in [1.82, 2.24) is 5.32 Å². The van der Waals surface area contributed by atoms with Crippen LogP contribution in [0.2, 0.25) is 0 Å². The van der Waals surface area contributed by atoms with Crippen LogP contribution in [0.4, 0.5) is 0 Å². The maximum absolute atomic E-state index is 12.0. The van der Waals surface area contributed by atoms with E-state index in [9.17, 15) is 9.90 Å².